The van der Waals surface area contributed by atoms with Gasteiger partial charge in [-0.25, -0.2) is 0 Å². The SMILES string of the molecule is c1ccc2c(C3NCCN4CCCCC34)noc2c1. The van der Waals surface area contributed by atoms with E-state index in [4.69, 9.17) is 4.52 Å². The number of hydrogen-bond donors (Lipinski definition) is 1. The first-order chi connectivity index (χ1) is 9.43. The number of nitrogens with one attached hydrogen (secondary N) is 1. The summed E-state index contributed by atoms with van der Waals surface area (Å²) in [4.78, 5) is 2.62. The van der Waals surface area contributed by atoms with Crippen LogP contribution in [0.25, 0.3) is 11.0 Å². The summed E-state index contributed by atoms with van der Waals surface area (Å²) < 4.78 is 5.47. The van der Waals surface area contributed by atoms with Crippen molar-refractivity contribution < 1.29 is 4.52 Å². The average molecular weight is 257 g/mol. The molecule has 1 aromatic heterocycles. The molecule has 19 heavy (non-hydrogen) atoms. The van der Waals surface area contributed by atoms with Crippen molar-refractivity contribution in [3.05, 3.63) is 30.0 Å². The third-order valence-electron chi connectivity index (χ3n) is 4.51. The minimum absolute atomic E-state index is 0.317. The minimum atomic E-state index is 0.317. The molecule has 2 atom stereocenters. The van der Waals surface area contributed by atoms with Crippen molar-refractivity contribution >= 4 is 11.0 Å². The molecule has 4 rings (SSSR count). The number of benzene rings is 1. The van der Waals surface area contributed by atoms with Gasteiger partial charge in [0.25, 0.3) is 0 Å². The Morgan fingerprint density at radius 2 is 2.16 bits per heavy atom. The fourth-order valence-electron chi connectivity index (χ4n) is 3.58. The van der Waals surface area contributed by atoms with Crippen LogP contribution in [0.15, 0.2) is 28.8 Å². The van der Waals surface area contributed by atoms with E-state index in [2.05, 4.69) is 27.5 Å². The predicted molar refractivity (Wildman–Crippen MR) is 74.0 cm³/mol. The summed E-state index contributed by atoms with van der Waals surface area (Å²) in [5, 5.41) is 9.15. The van der Waals surface area contributed by atoms with E-state index in [1.165, 1.54) is 25.8 Å². The molecule has 3 heterocycles. The lowest BCUT2D eigenvalue weighted by atomic mass is 9.90. The zero-order valence-electron chi connectivity index (χ0n) is 11.0. The molecule has 2 aromatic rings. The summed E-state index contributed by atoms with van der Waals surface area (Å²) in [5.74, 6) is 0. The normalized spacial score (nSPS) is 28.4. The van der Waals surface area contributed by atoms with Gasteiger partial charge in [0.05, 0.1) is 6.04 Å². The van der Waals surface area contributed by atoms with E-state index in [9.17, 15) is 0 Å². The van der Waals surface area contributed by atoms with Crippen LogP contribution in [0.2, 0.25) is 0 Å². The molecule has 2 aliphatic heterocycles. The second-order valence-electron chi connectivity index (χ2n) is 5.59. The highest BCUT2D eigenvalue weighted by atomic mass is 16.5. The summed E-state index contributed by atoms with van der Waals surface area (Å²) in [5.41, 5.74) is 1.99. The van der Waals surface area contributed by atoms with Crippen LogP contribution in [-0.2, 0) is 0 Å². The fourth-order valence-corrected chi connectivity index (χ4v) is 3.58. The topological polar surface area (TPSA) is 41.3 Å². The van der Waals surface area contributed by atoms with Crippen LogP contribution in [0.3, 0.4) is 0 Å². The van der Waals surface area contributed by atoms with Crippen LogP contribution in [0.1, 0.15) is 31.0 Å². The third kappa shape index (κ3) is 1.86. The van der Waals surface area contributed by atoms with E-state index < -0.39 is 0 Å². The Morgan fingerprint density at radius 3 is 3.16 bits per heavy atom. The van der Waals surface area contributed by atoms with Crippen LogP contribution >= 0.6 is 0 Å². The number of para-hydroxylation sites is 1. The molecule has 4 heteroatoms. The molecule has 2 unspecified atom stereocenters. The van der Waals surface area contributed by atoms with Gasteiger partial charge < -0.3 is 9.84 Å². The van der Waals surface area contributed by atoms with Gasteiger partial charge in [-0.3, -0.25) is 4.90 Å². The number of fused-ring (bicyclic) bond motifs is 2. The Bertz CT molecular complexity index is 578. The van der Waals surface area contributed by atoms with E-state index >= 15 is 0 Å². The van der Waals surface area contributed by atoms with Crippen LogP contribution in [0.4, 0.5) is 0 Å². The van der Waals surface area contributed by atoms with Crippen molar-refractivity contribution in [1.29, 1.82) is 0 Å². The molecule has 2 fully saturated rings. The highest BCUT2D eigenvalue weighted by molar-refractivity contribution is 5.79. The Balaban J connectivity index is 1.73. The molecule has 0 bridgehead atoms. The Kier molecular flexibility index (Phi) is 2.78. The van der Waals surface area contributed by atoms with Gasteiger partial charge in [-0.1, -0.05) is 23.7 Å². The van der Waals surface area contributed by atoms with Crippen LogP contribution in [0, 0.1) is 0 Å². The largest absolute Gasteiger partial charge is 0.356 e. The second kappa shape index (κ2) is 4.62. The van der Waals surface area contributed by atoms with Crippen molar-refractivity contribution in [2.24, 2.45) is 0 Å². The Labute approximate surface area is 112 Å². The van der Waals surface area contributed by atoms with Gasteiger partial charge in [-0.05, 0) is 31.5 Å². The zero-order chi connectivity index (χ0) is 12.7. The van der Waals surface area contributed by atoms with Crippen molar-refractivity contribution in [3.63, 3.8) is 0 Å². The maximum atomic E-state index is 5.47. The number of piperazine rings is 1. The number of rotatable bonds is 1. The summed E-state index contributed by atoms with van der Waals surface area (Å²) in [6.07, 6.45) is 3.93. The van der Waals surface area contributed by atoms with Gasteiger partial charge in [0.2, 0.25) is 0 Å². The summed E-state index contributed by atoms with van der Waals surface area (Å²) in [6.45, 7) is 3.44. The summed E-state index contributed by atoms with van der Waals surface area (Å²) in [6, 6.07) is 9.06. The standard InChI is InChI=1S/C15H19N3O/c1-2-7-13-11(5-1)14(17-19-13)15-12-6-3-4-9-18(12)10-8-16-15/h1-2,5,7,12,15-16H,3-4,6,8-10H2. The minimum Gasteiger partial charge on any atom is -0.356 e. The molecule has 0 radical (unpaired) electrons. The molecule has 100 valence electrons. The van der Waals surface area contributed by atoms with E-state index in [1.54, 1.807) is 0 Å². The zero-order valence-corrected chi connectivity index (χ0v) is 11.0. The third-order valence-corrected chi connectivity index (χ3v) is 4.51. The molecular weight excluding hydrogens is 238 g/mol. The summed E-state index contributed by atoms with van der Waals surface area (Å²) >= 11 is 0. The fraction of sp³-hybridized carbons (Fsp3) is 0.533. The molecule has 0 saturated carbocycles. The van der Waals surface area contributed by atoms with Gasteiger partial charge in [-0.2, -0.15) is 0 Å². The molecular formula is C15H19N3O. The lowest BCUT2D eigenvalue weighted by molar-refractivity contribution is 0.0809. The number of nitrogens with zero attached hydrogens (tertiary/aromatic N) is 2. The van der Waals surface area contributed by atoms with Crippen LogP contribution < -0.4 is 5.32 Å². The maximum absolute atomic E-state index is 5.47. The molecule has 0 spiro atoms. The van der Waals surface area contributed by atoms with E-state index in [0.717, 1.165) is 29.8 Å². The molecule has 0 amide bonds. The molecule has 1 aromatic carbocycles. The van der Waals surface area contributed by atoms with Crippen molar-refractivity contribution in [2.45, 2.75) is 31.3 Å². The smallest absolute Gasteiger partial charge is 0.167 e. The highest BCUT2D eigenvalue weighted by Crippen LogP contribution is 2.33. The highest BCUT2D eigenvalue weighted by Gasteiger charge is 2.36. The van der Waals surface area contributed by atoms with E-state index in [1.807, 2.05) is 12.1 Å². The van der Waals surface area contributed by atoms with E-state index in [-0.39, 0.29) is 0 Å². The van der Waals surface area contributed by atoms with Gasteiger partial charge in [-0.15, -0.1) is 0 Å². The Hall–Kier alpha value is -1.39. The molecule has 2 saturated heterocycles. The second-order valence-corrected chi connectivity index (χ2v) is 5.59. The van der Waals surface area contributed by atoms with E-state index in [0.29, 0.717) is 12.1 Å². The van der Waals surface area contributed by atoms with Crippen LogP contribution in [-0.4, -0.2) is 35.7 Å². The van der Waals surface area contributed by atoms with Gasteiger partial charge >= 0.3 is 0 Å². The quantitative estimate of drug-likeness (QED) is 0.851. The first-order valence-electron chi connectivity index (χ1n) is 7.25. The lowest BCUT2D eigenvalue weighted by Gasteiger charge is -2.44. The predicted octanol–water partition coefficient (Wildman–Crippen LogP) is 2.33. The van der Waals surface area contributed by atoms with Crippen molar-refractivity contribution in [1.82, 2.24) is 15.4 Å². The van der Waals surface area contributed by atoms with Gasteiger partial charge in [0.1, 0.15) is 5.69 Å². The number of aromatic nitrogens is 1. The molecule has 0 aliphatic carbocycles. The van der Waals surface area contributed by atoms with Crippen molar-refractivity contribution in [2.75, 3.05) is 19.6 Å². The number of hydrogen-bond acceptors (Lipinski definition) is 4. The molecule has 4 nitrogen and oxygen atoms in total. The summed E-state index contributed by atoms with van der Waals surface area (Å²) in [7, 11) is 0. The van der Waals surface area contributed by atoms with Crippen molar-refractivity contribution in [3.8, 4) is 0 Å². The van der Waals surface area contributed by atoms with Gasteiger partial charge in [0.15, 0.2) is 5.58 Å². The lowest BCUT2D eigenvalue weighted by Crippen LogP contribution is -2.54. The first-order valence-corrected chi connectivity index (χ1v) is 7.25. The average Bonchev–Trinajstić information content (AvgIpc) is 2.90. The van der Waals surface area contributed by atoms with Crippen LogP contribution in [0.5, 0.6) is 0 Å². The molecule has 1 N–H and O–H groups in total. The maximum Gasteiger partial charge on any atom is 0.167 e. The van der Waals surface area contributed by atoms with Gasteiger partial charge in [0, 0.05) is 24.5 Å². The monoisotopic (exact) mass is 257 g/mol. The first kappa shape index (κ1) is 11.4. The Morgan fingerprint density at radius 1 is 1.21 bits per heavy atom. The molecule has 2 aliphatic rings. The number of piperidine rings is 1.